The highest BCUT2D eigenvalue weighted by Crippen LogP contribution is 2.36. The van der Waals surface area contributed by atoms with Crippen molar-refractivity contribution in [3.63, 3.8) is 0 Å². The van der Waals surface area contributed by atoms with Crippen molar-refractivity contribution >= 4 is 11.8 Å². The number of carbonyl (C=O) groups excluding carboxylic acids is 1. The van der Waals surface area contributed by atoms with Crippen molar-refractivity contribution in [3.05, 3.63) is 23.8 Å². The number of carbonyl (C=O) groups is 1. The third kappa shape index (κ3) is 6.38. The quantitative estimate of drug-likeness (QED) is 0.678. The van der Waals surface area contributed by atoms with Crippen LogP contribution in [0.5, 0.6) is 5.75 Å². The number of hydrogen-bond donors (Lipinski definition) is 1. The van der Waals surface area contributed by atoms with Gasteiger partial charge in [0.1, 0.15) is 17.5 Å². The lowest BCUT2D eigenvalue weighted by atomic mass is 10.0. The molecule has 0 bridgehead atoms. The molecule has 174 valence electrons. The SMILES string of the molecule is C[C@H](NC(=O)OC(C)(C)C)c1ccc(N2CC(N3CC[C@@H](F)C3)C2)cc1OC(F)(F)F. The van der Waals surface area contributed by atoms with Crippen LogP contribution in [0.2, 0.25) is 0 Å². The van der Waals surface area contributed by atoms with Gasteiger partial charge in [0.2, 0.25) is 0 Å². The molecule has 2 heterocycles. The molecule has 0 aliphatic carbocycles. The van der Waals surface area contributed by atoms with Crippen molar-refractivity contribution in [2.45, 2.75) is 64.3 Å². The summed E-state index contributed by atoms with van der Waals surface area (Å²) in [6.07, 6.45) is -5.89. The lowest BCUT2D eigenvalue weighted by Gasteiger charge is -2.45. The van der Waals surface area contributed by atoms with Crippen LogP contribution in [0, 0.1) is 0 Å². The second kappa shape index (κ2) is 8.72. The van der Waals surface area contributed by atoms with Gasteiger partial charge in [-0.25, -0.2) is 9.18 Å². The number of rotatable bonds is 5. The number of likely N-dealkylation sites (tertiary alicyclic amines) is 1. The maximum absolute atomic E-state index is 13.4. The molecule has 1 aromatic carbocycles. The molecule has 0 saturated carbocycles. The molecule has 2 atom stereocenters. The first-order chi connectivity index (χ1) is 14.3. The third-order valence-corrected chi connectivity index (χ3v) is 5.33. The van der Waals surface area contributed by atoms with Crippen LogP contribution in [0.3, 0.4) is 0 Å². The molecule has 0 radical (unpaired) electrons. The Balaban J connectivity index is 1.71. The molecule has 31 heavy (non-hydrogen) atoms. The van der Waals surface area contributed by atoms with E-state index in [1.54, 1.807) is 33.8 Å². The van der Waals surface area contributed by atoms with Gasteiger partial charge in [-0.1, -0.05) is 6.07 Å². The van der Waals surface area contributed by atoms with E-state index < -0.39 is 30.3 Å². The summed E-state index contributed by atoms with van der Waals surface area (Å²) in [7, 11) is 0. The average molecular weight is 447 g/mol. The lowest BCUT2D eigenvalue weighted by Crippen LogP contribution is -2.59. The number of nitrogens with zero attached hydrogens (tertiary/aromatic N) is 2. The minimum Gasteiger partial charge on any atom is -0.444 e. The van der Waals surface area contributed by atoms with Gasteiger partial charge in [0, 0.05) is 49.5 Å². The van der Waals surface area contributed by atoms with E-state index >= 15 is 0 Å². The van der Waals surface area contributed by atoms with Gasteiger partial charge in [-0.3, -0.25) is 4.90 Å². The summed E-state index contributed by atoms with van der Waals surface area (Å²) in [5.74, 6) is -0.373. The summed E-state index contributed by atoms with van der Waals surface area (Å²) >= 11 is 0. The summed E-state index contributed by atoms with van der Waals surface area (Å²) in [6, 6.07) is 3.97. The first-order valence-electron chi connectivity index (χ1n) is 10.3. The highest BCUT2D eigenvalue weighted by molar-refractivity contribution is 5.69. The van der Waals surface area contributed by atoms with Crippen LogP contribution in [-0.4, -0.2) is 61.3 Å². The van der Waals surface area contributed by atoms with Crippen molar-refractivity contribution in [2.24, 2.45) is 0 Å². The van der Waals surface area contributed by atoms with Crippen molar-refractivity contribution < 1.29 is 31.8 Å². The topological polar surface area (TPSA) is 54.0 Å². The van der Waals surface area contributed by atoms with Crippen molar-refractivity contribution in [1.82, 2.24) is 10.2 Å². The van der Waals surface area contributed by atoms with E-state index in [-0.39, 0.29) is 17.4 Å². The molecule has 1 N–H and O–H groups in total. The molecule has 0 spiro atoms. The number of alkyl carbamates (subject to hydrolysis) is 1. The number of ether oxygens (including phenoxy) is 2. The van der Waals surface area contributed by atoms with Crippen LogP contribution in [0.4, 0.5) is 28.0 Å². The predicted octanol–water partition coefficient (Wildman–Crippen LogP) is 4.40. The Bertz CT molecular complexity index is 791. The second-order valence-electron chi connectivity index (χ2n) is 9.08. The van der Waals surface area contributed by atoms with Crippen LogP contribution in [0.15, 0.2) is 18.2 Å². The Kier molecular flexibility index (Phi) is 6.59. The molecule has 0 aromatic heterocycles. The predicted molar refractivity (Wildman–Crippen MR) is 108 cm³/mol. The molecule has 3 rings (SSSR count). The lowest BCUT2D eigenvalue weighted by molar-refractivity contribution is -0.274. The molecule has 10 heteroatoms. The summed E-state index contributed by atoms with van der Waals surface area (Å²) in [4.78, 5) is 16.0. The van der Waals surface area contributed by atoms with Crippen LogP contribution in [0.25, 0.3) is 0 Å². The van der Waals surface area contributed by atoms with Crippen molar-refractivity contribution in [3.8, 4) is 5.75 Å². The Labute approximate surface area is 179 Å². The minimum absolute atomic E-state index is 0.184. The van der Waals surface area contributed by atoms with E-state index in [1.807, 2.05) is 4.90 Å². The van der Waals surface area contributed by atoms with Gasteiger partial charge in [0.05, 0.1) is 6.04 Å². The Hall–Kier alpha value is -2.23. The Morgan fingerprint density at radius 1 is 1.19 bits per heavy atom. The standard InChI is InChI=1S/C21H29F4N3O3/c1-13(26-19(29)31-20(2,3)4)17-6-5-15(9-18(17)30-21(23,24)25)28-11-16(12-28)27-8-7-14(22)10-27/h5-6,9,13-14,16H,7-8,10-12H2,1-4H3,(H,26,29)/t13-,14+/m0/s1. The first-order valence-corrected chi connectivity index (χ1v) is 10.3. The first kappa shape index (κ1) is 23.4. The normalized spacial score (nSPS) is 21.5. The van der Waals surface area contributed by atoms with E-state index in [1.165, 1.54) is 12.1 Å². The third-order valence-electron chi connectivity index (χ3n) is 5.33. The summed E-state index contributed by atoms with van der Waals surface area (Å²) in [5.41, 5.74) is 0.0355. The number of amides is 1. The van der Waals surface area contributed by atoms with Gasteiger partial charge in [0.25, 0.3) is 0 Å². The van der Waals surface area contributed by atoms with Gasteiger partial charge >= 0.3 is 12.5 Å². The van der Waals surface area contributed by atoms with Crippen LogP contribution >= 0.6 is 0 Å². The zero-order valence-electron chi connectivity index (χ0n) is 18.1. The molecule has 2 saturated heterocycles. The highest BCUT2D eigenvalue weighted by atomic mass is 19.4. The minimum atomic E-state index is -4.87. The zero-order chi connectivity index (χ0) is 23.0. The van der Waals surface area contributed by atoms with Gasteiger partial charge < -0.3 is 19.7 Å². The van der Waals surface area contributed by atoms with Crippen molar-refractivity contribution in [1.29, 1.82) is 0 Å². The largest absolute Gasteiger partial charge is 0.573 e. The second-order valence-corrected chi connectivity index (χ2v) is 9.08. The summed E-state index contributed by atoms with van der Waals surface area (Å²) in [6.45, 7) is 8.99. The van der Waals surface area contributed by atoms with E-state index in [2.05, 4.69) is 15.0 Å². The van der Waals surface area contributed by atoms with E-state index in [9.17, 15) is 22.4 Å². The molecule has 1 aromatic rings. The van der Waals surface area contributed by atoms with Gasteiger partial charge in [-0.2, -0.15) is 0 Å². The maximum Gasteiger partial charge on any atom is 0.573 e. The van der Waals surface area contributed by atoms with Gasteiger partial charge in [0.15, 0.2) is 0 Å². The summed E-state index contributed by atoms with van der Waals surface area (Å²) in [5, 5.41) is 2.54. The molecular weight excluding hydrogens is 418 g/mol. The fourth-order valence-corrected chi connectivity index (χ4v) is 3.82. The average Bonchev–Trinajstić information content (AvgIpc) is 2.96. The summed E-state index contributed by atoms with van der Waals surface area (Å²) < 4.78 is 61.9. The maximum atomic E-state index is 13.4. The molecular formula is C21H29F4N3O3. The smallest absolute Gasteiger partial charge is 0.444 e. The molecule has 2 aliphatic heterocycles. The molecule has 6 nitrogen and oxygen atoms in total. The van der Waals surface area contributed by atoms with Crippen LogP contribution < -0.4 is 15.0 Å². The van der Waals surface area contributed by atoms with E-state index in [4.69, 9.17) is 4.74 Å². The van der Waals surface area contributed by atoms with E-state index in [0.717, 1.165) is 0 Å². The van der Waals surface area contributed by atoms with Crippen LogP contribution in [-0.2, 0) is 4.74 Å². The number of benzene rings is 1. The fraction of sp³-hybridized carbons (Fsp3) is 0.667. The number of hydrogen-bond acceptors (Lipinski definition) is 5. The van der Waals surface area contributed by atoms with Gasteiger partial charge in [-0.15, -0.1) is 13.2 Å². The Morgan fingerprint density at radius 2 is 1.87 bits per heavy atom. The number of anilines is 1. The molecule has 2 aliphatic rings. The number of alkyl halides is 4. The monoisotopic (exact) mass is 447 g/mol. The molecule has 2 fully saturated rings. The van der Waals surface area contributed by atoms with Gasteiger partial charge in [-0.05, 0) is 40.2 Å². The van der Waals surface area contributed by atoms with Crippen LogP contribution in [0.1, 0.15) is 45.7 Å². The molecule has 1 amide bonds. The van der Waals surface area contributed by atoms with E-state index in [0.29, 0.717) is 38.3 Å². The highest BCUT2D eigenvalue weighted by Gasteiger charge is 2.37. The zero-order valence-corrected chi connectivity index (χ0v) is 18.1. The Morgan fingerprint density at radius 3 is 2.42 bits per heavy atom. The molecule has 0 unspecified atom stereocenters. The number of nitrogens with one attached hydrogen (secondary N) is 1. The van der Waals surface area contributed by atoms with Crippen molar-refractivity contribution in [2.75, 3.05) is 31.1 Å². The number of halogens is 4. The fourth-order valence-electron chi connectivity index (χ4n) is 3.82.